The van der Waals surface area contributed by atoms with Gasteiger partial charge in [-0.25, -0.2) is 14.5 Å². The summed E-state index contributed by atoms with van der Waals surface area (Å²) in [5.41, 5.74) is 2.24. The van der Waals surface area contributed by atoms with E-state index in [0.29, 0.717) is 15.7 Å². The molecule has 0 saturated heterocycles. The van der Waals surface area contributed by atoms with Crippen molar-refractivity contribution in [2.75, 3.05) is 12.4 Å². The molecule has 0 radical (unpaired) electrons. The highest BCUT2D eigenvalue weighted by atomic mass is 32.1. The van der Waals surface area contributed by atoms with Crippen molar-refractivity contribution in [2.45, 2.75) is 6.92 Å². The van der Waals surface area contributed by atoms with Crippen LogP contribution < -0.4 is 5.32 Å². The molecule has 7 nitrogen and oxygen atoms in total. The van der Waals surface area contributed by atoms with Gasteiger partial charge in [0.15, 0.2) is 5.13 Å². The number of aryl methyl sites for hydroxylation is 1. The molecule has 0 unspecified atom stereocenters. The Morgan fingerprint density at radius 1 is 1.27 bits per heavy atom. The predicted octanol–water partition coefficient (Wildman–Crippen LogP) is 3.08. The van der Waals surface area contributed by atoms with Gasteiger partial charge in [-0.3, -0.25) is 10.1 Å². The number of methoxy groups -OCH3 is 1. The topological polar surface area (TPSA) is 86.1 Å². The van der Waals surface area contributed by atoms with Crippen molar-refractivity contribution in [1.82, 2.24) is 14.8 Å². The molecule has 0 fully saturated rings. The number of hydrogen-bond donors (Lipinski definition) is 1. The molecular formula is C18H16N4O3S. The average molecular weight is 368 g/mol. The van der Waals surface area contributed by atoms with Crippen molar-refractivity contribution < 1.29 is 14.3 Å². The number of esters is 1. The lowest BCUT2D eigenvalue weighted by atomic mass is 10.3. The van der Waals surface area contributed by atoms with Crippen LogP contribution >= 0.6 is 11.3 Å². The Labute approximate surface area is 153 Å². The molecule has 0 aliphatic carbocycles. The van der Waals surface area contributed by atoms with Crippen molar-refractivity contribution in [2.24, 2.45) is 0 Å². The molecule has 0 spiro atoms. The number of rotatable bonds is 5. The first-order valence-corrected chi connectivity index (χ1v) is 8.53. The van der Waals surface area contributed by atoms with Crippen molar-refractivity contribution in [3.8, 4) is 5.69 Å². The summed E-state index contributed by atoms with van der Waals surface area (Å²) >= 11 is 1.08. The van der Waals surface area contributed by atoms with E-state index in [2.05, 4.69) is 20.1 Å². The molecule has 132 valence electrons. The summed E-state index contributed by atoms with van der Waals surface area (Å²) in [5, 5.41) is 7.25. The quantitative estimate of drug-likeness (QED) is 0.552. The number of carbonyl (C=O) groups excluding carboxylic acids is 2. The highest BCUT2D eigenvalue weighted by molar-refractivity contribution is 7.17. The SMILES string of the molecule is COC(=O)c1sc(NC(=O)/C=C/c2cnn(-c3ccccc3)c2)nc1C. The van der Waals surface area contributed by atoms with E-state index in [1.807, 2.05) is 36.5 Å². The molecule has 0 aliphatic rings. The maximum atomic E-state index is 12.0. The van der Waals surface area contributed by atoms with Crippen molar-refractivity contribution in [3.05, 3.63) is 64.9 Å². The first-order chi connectivity index (χ1) is 12.6. The summed E-state index contributed by atoms with van der Waals surface area (Å²) in [6, 6.07) is 9.68. The van der Waals surface area contributed by atoms with E-state index >= 15 is 0 Å². The van der Waals surface area contributed by atoms with Crippen LogP contribution in [0.5, 0.6) is 0 Å². The molecule has 26 heavy (non-hydrogen) atoms. The van der Waals surface area contributed by atoms with Crippen LogP contribution in [0, 0.1) is 6.92 Å². The van der Waals surface area contributed by atoms with Crippen LogP contribution in [0.4, 0.5) is 5.13 Å². The summed E-state index contributed by atoms with van der Waals surface area (Å²) in [5.74, 6) is -0.813. The molecular weight excluding hydrogens is 352 g/mol. The smallest absolute Gasteiger partial charge is 0.350 e. The number of ether oxygens (including phenoxy) is 1. The number of anilines is 1. The van der Waals surface area contributed by atoms with Gasteiger partial charge in [-0.15, -0.1) is 0 Å². The highest BCUT2D eigenvalue weighted by Gasteiger charge is 2.16. The molecule has 3 rings (SSSR count). The largest absolute Gasteiger partial charge is 0.465 e. The number of para-hydroxylation sites is 1. The van der Waals surface area contributed by atoms with Crippen LogP contribution in [0.1, 0.15) is 20.9 Å². The van der Waals surface area contributed by atoms with Crippen molar-refractivity contribution in [1.29, 1.82) is 0 Å². The van der Waals surface area contributed by atoms with E-state index in [-0.39, 0.29) is 5.91 Å². The van der Waals surface area contributed by atoms with E-state index in [4.69, 9.17) is 0 Å². The van der Waals surface area contributed by atoms with Crippen LogP contribution in [-0.4, -0.2) is 33.8 Å². The van der Waals surface area contributed by atoms with Crippen LogP contribution in [0.2, 0.25) is 0 Å². The number of benzene rings is 1. The Balaban J connectivity index is 1.65. The second-order valence-electron chi connectivity index (χ2n) is 5.30. The first kappa shape index (κ1) is 17.6. The average Bonchev–Trinajstić information content (AvgIpc) is 3.27. The molecule has 0 saturated carbocycles. The van der Waals surface area contributed by atoms with Crippen molar-refractivity contribution in [3.63, 3.8) is 0 Å². The number of hydrogen-bond acceptors (Lipinski definition) is 6. The maximum Gasteiger partial charge on any atom is 0.350 e. The minimum Gasteiger partial charge on any atom is -0.465 e. The standard InChI is InChI=1S/C18H16N4O3S/c1-12-16(17(24)25-2)26-18(20-12)21-15(23)9-8-13-10-19-22(11-13)14-6-4-3-5-7-14/h3-11H,1-2H3,(H,20,21,23)/b9-8+. The minimum absolute atomic E-state index is 0.345. The summed E-state index contributed by atoms with van der Waals surface area (Å²) in [6.45, 7) is 1.69. The molecule has 3 aromatic rings. The van der Waals surface area contributed by atoms with Gasteiger partial charge in [0.2, 0.25) is 5.91 Å². The van der Waals surface area contributed by atoms with E-state index in [1.165, 1.54) is 13.2 Å². The zero-order valence-electron chi connectivity index (χ0n) is 14.2. The third-order valence-electron chi connectivity index (χ3n) is 3.45. The second kappa shape index (κ2) is 7.75. The fourth-order valence-corrected chi connectivity index (χ4v) is 3.08. The highest BCUT2D eigenvalue weighted by Crippen LogP contribution is 2.23. The summed E-state index contributed by atoms with van der Waals surface area (Å²) < 4.78 is 6.40. The van der Waals surface area contributed by atoms with Gasteiger partial charge in [0.1, 0.15) is 4.88 Å². The predicted molar refractivity (Wildman–Crippen MR) is 99.4 cm³/mol. The second-order valence-corrected chi connectivity index (χ2v) is 6.30. The van der Waals surface area contributed by atoms with Crippen LogP contribution in [0.3, 0.4) is 0 Å². The van der Waals surface area contributed by atoms with Gasteiger partial charge in [-0.05, 0) is 25.1 Å². The molecule has 2 heterocycles. The van der Waals surface area contributed by atoms with E-state index in [0.717, 1.165) is 22.6 Å². The van der Waals surface area contributed by atoms with Gasteiger partial charge >= 0.3 is 5.97 Å². The van der Waals surface area contributed by atoms with Gasteiger partial charge in [-0.1, -0.05) is 29.5 Å². The molecule has 2 aromatic heterocycles. The number of amides is 1. The Kier molecular flexibility index (Phi) is 5.23. The Morgan fingerprint density at radius 3 is 2.77 bits per heavy atom. The minimum atomic E-state index is -0.468. The molecule has 0 bridgehead atoms. The molecule has 8 heteroatoms. The molecule has 0 atom stereocenters. The summed E-state index contributed by atoms with van der Waals surface area (Å²) in [6.07, 6.45) is 6.53. The number of carbonyl (C=O) groups is 2. The van der Waals surface area contributed by atoms with E-state index < -0.39 is 5.97 Å². The number of nitrogens with one attached hydrogen (secondary N) is 1. The van der Waals surface area contributed by atoms with Gasteiger partial charge in [0, 0.05) is 17.8 Å². The molecule has 1 amide bonds. The molecule has 0 aliphatic heterocycles. The van der Waals surface area contributed by atoms with Crippen molar-refractivity contribution >= 4 is 34.4 Å². The zero-order chi connectivity index (χ0) is 18.5. The number of nitrogens with zero attached hydrogens (tertiary/aromatic N) is 3. The van der Waals surface area contributed by atoms with E-state index in [1.54, 1.807) is 23.9 Å². The van der Waals surface area contributed by atoms with Gasteiger partial charge in [0.05, 0.1) is 24.7 Å². The zero-order valence-corrected chi connectivity index (χ0v) is 15.0. The van der Waals surface area contributed by atoms with Gasteiger partial charge < -0.3 is 4.74 Å². The Hall–Kier alpha value is -3.26. The number of aromatic nitrogens is 3. The molecule has 1 N–H and O–H groups in total. The lowest BCUT2D eigenvalue weighted by Gasteiger charge is -1.98. The monoisotopic (exact) mass is 368 g/mol. The summed E-state index contributed by atoms with van der Waals surface area (Å²) in [4.78, 5) is 28.1. The fourth-order valence-electron chi connectivity index (χ4n) is 2.20. The number of thiazole rings is 1. The first-order valence-electron chi connectivity index (χ1n) is 7.71. The molecule has 1 aromatic carbocycles. The normalized spacial score (nSPS) is 10.8. The Morgan fingerprint density at radius 2 is 2.04 bits per heavy atom. The van der Waals surface area contributed by atoms with Crippen LogP contribution in [0.15, 0.2) is 48.8 Å². The summed E-state index contributed by atoms with van der Waals surface area (Å²) in [7, 11) is 1.30. The van der Waals surface area contributed by atoms with Gasteiger partial charge in [-0.2, -0.15) is 5.10 Å². The maximum absolute atomic E-state index is 12.0. The fraction of sp³-hybridized carbons (Fsp3) is 0.111. The van der Waals surface area contributed by atoms with Gasteiger partial charge in [0.25, 0.3) is 0 Å². The van der Waals surface area contributed by atoms with Crippen LogP contribution in [0.25, 0.3) is 11.8 Å². The third-order valence-corrected chi connectivity index (χ3v) is 4.50. The Bertz CT molecular complexity index is 960. The van der Waals surface area contributed by atoms with Crippen LogP contribution in [-0.2, 0) is 9.53 Å². The lowest BCUT2D eigenvalue weighted by Crippen LogP contribution is -2.07. The van der Waals surface area contributed by atoms with E-state index in [9.17, 15) is 9.59 Å². The third kappa shape index (κ3) is 4.04. The lowest BCUT2D eigenvalue weighted by molar-refractivity contribution is -0.111.